The van der Waals surface area contributed by atoms with Crippen molar-refractivity contribution in [1.82, 2.24) is 0 Å². The van der Waals surface area contributed by atoms with Crippen LogP contribution in [-0.4, -0.2) is 31.3 Å². The molecular formula is C15H24BNO2S. The monoisotopic (exact) mass is 305 g/mol. The lowest BCUT2D eigenvalue weighted by Gasteiger charge is -2.32. The molecule has 110 valence electrons. The fraction of sp³-hybridized carbons (Fsp3) is 0.733. The Morgan fingerprint density at radius 2 is 1.75 bits per heavy atom. The average molecular weight is 305 g/mol. The third kappa shape index (κ3) is 2.51. The van der Waals surface area contributed by atoms with Crippen LogP contribution < -0.4 is 9.68 Å². The van der Waals surface area contributed by atoms with E-state index in [-0.39, 0.29) is 9.68 Å². The van der Waals surface area contributed by atoms with Gasteiger partial charge in [-0.2, -0.15) is 0 Å². The van der Waals surface area contributed by atoms with Crippen molar-refractivity contribution < 1.29 is 25.8 Å². The van der Waals surface area contributed by atoms with E-state index in [2.05, 4.69) is 0 Å². The Labute approximate surface area is 143 Å². The summed E-state index contributed by atoms with van der Waals surface area (Å²) in [5.74, 6) is 0. The summed E-state index contributed by atoms with van der Waals surface area (Å²) >= 11 is 0.563. The van der Waals surface area contributed by atoms with Gasteiger partial charge in [0.1, 0.15) is 0 Å². The van der Waals surface area contributed by atoms with Crippen LogP contribution in [0.4, 0.5) is 5.00 Å². The molecule has 20 heavy (non-hydrogen) atoms. The fourth-order valence-electron chi connectivity index (χ4n) is 1.76. The Bertz CT molecular complexity index is 901. The second kappa shape index (κ2) is 5.04. The summed E-state index contributed by atoms with van der Waals surface area (Å²) in [6.45, 7) is 0.233. The molecule has 3 nitrogen and oxygen atoms in total. The molecule has 3 rings (SSSR count). The third-order valence-corrected chi connectivity index (χ3v) is 4.62. The van der Waals surface area contributed by atoms with E-state index in [1.165, 1.54) is 0 Å². The highest BCUT2D eigenvalue weighted by molar-refractivity contribution is 7.25. The minimum Gasteiger partial charge on any atom is -0.399 e. The predicted octanol–water partition coefficient (Wildman–Crippen LogP) is 3.04. The Morgan fingerprint density at radius 1 is 1.15 bits per heavy atom. The van der Waals surface area contributed by atoms with Crippen molar-refractivity contribution in [2.24, 2.45) is 0 Å². The average Bonchev–Trinajstić information content (AvgIpc) is 2.99. The van der Waals surface area contributed by atoms with Crippen LogP contribution in [0, 0.1) is 0 Å². The SMILES string of the molecule is [2H]c1c(B2OC(C)(C)C(C)(C)O2)sc(N2C([2H])([2H])C([2H])([2H])C([2H])([2H])C([2H])([2H])C2([2H])[2H])c1[2H]. The quantitative estimate of drug-likeness (QED) is 0.784. The first-order valence-electron chi connectivity index (χ1n) is 12.2. The molecule has 0 unspecified atom stereocenters. The molecule has 0 atom stereocenters. The van der Waals surface area contributed by atoms with Crippen LogP contribution in [-0.2, 0) is 9.31 Å². The molecule has 0 amide bonds. The standard InChI is InChI=1S/C15H24BNO2S/c1-14(2)15(3,4)19-16(18-14)12-8-9-13(20-12)17-10-6-5-7-11-17/h8-9H,5-7,10-11H2,1-4H3/i5D2,6D2,7D2,8D,9D,10D2,11D2. The molecule has 0 N–H and O–H groups in total. The van der Waals surface area contributed by atoms with E-state index in [1.54, 1.807) is 27.7 Å². The Kier molecular flexibility index (Phi) is 1.50. The normalized spacial score (nSPS) is 46.6. The topological polar surface area (TPSA) is 21.7 Å². The zero-order valence-electron chi connectivity index (χ0n) is 23.7. The summed E-state index contributed by atoms with van der Waals surface area (Å²) in [6, 6.07) is -1.12. The van der Waals surface area contributed by atoms with Crippen molar-refractivity contribution in [2.75, 3.05) is 17.9 Å². The summed E-state index contributed by atoms with van der Waals surface area (Å²) in [6.07, 6.45) is -10.6. The number of nitrogens with zero attached hydrogens (tertiary/aromatic N) is 1. The zero-order chi connectivity index (χ0) is 25.1. The molecule has 0 aromatic carbocycles. The second-order valence-electron chi connectivity index (χ2n) is 5.54. The molecule has 2 aliphatic rings. The van der Waals surface area contributed by atoms with Gasteiger partial charge in [0.2, 0.25) is 0 Å². The first kappa shape index (κ1) is 5.94. The number of rotatable bonds is 2. The molecule has 0 spiro atoms. The highest BCUT2D eigenvalue weighted by atomic mass is 32.1. The van der Waals surface area contributed by atoms with E-state index in [9.17, 15) is 0 Å². The summed E-state index contributed by atoms with van der Waals surface area (Å²) < 4.78 is 110. The van der Waals surface area contributed by atoms with E-state index in [0.29, 0.717) is 11.3 Å². The third-order valence-electron chi connectivity index (χ3n) is 3.63. The van der Waals surface area contributed by atoms with Crippen LogP contribution in [0.15, 0.2) is 12.1 Å². The first-order chi connectivity index (χ1) is 14.0. The van der Waals surface area contributed by atoms with Crippen molar-refractivity contribution in [1.29, 1.82) is 0 Å². The van der Waals surface area contributed by atoms with Gasteiger partial charge in [-0.05, 0) is 58.9 Å². The van der Waals surface area contributed by atoms with Crippen molar-refractivity contribution in [2.45, 2.75) is 58.0 Å². The van der Waals surface area contributed by atoms with Crippen molar-refractivity contribution in [3.05, 3.63) is 12.1 Å². The van der Waals surface area contributed by atoms with Crippen LogP contribution in [0.5, 0.6) is 0 Å². The van der Waals surface area contributed by atoms with Gasteiger partial charge in [-0.3, -0.25) is 0 Å². The van der Waals surface area contributed by atoms with E-state index >= 15 is 0 Å². The molecular weight excluding hydrogens is 269 g/mol. The van der Waals surface area contributed by atoms with Crippen LogP contribution >= 0.6 is 11.3 Å². The van der Waals surface area contributed by atoms with Crippen LogP contribution in [0.1, 0.15) is 63.3 Å². The lowest BCUT2D eigenvalue weighted by atomic mass is 9.88. The van der Waals surface area contributed by atoms with Gasteiger partial charge < -0.3 is 14.2 Å². The van der Waals surface area contributed by atoms with Crippen LogP contribution in [0.3, 0.4) is 0 Å². The number of piperidine rings is 1. The number of hydrogen-bond acceptors (Lipinski definition) is 4. The molecule has 1 aromatic rings. The zero-order valence-corrected chi connectivity index (χ0v) is 12.6. The summed E-state index contributed by atoms with van der Waals surface area (Å²) in [7, 11) is -1.13. The Hall–Kier alpha value is -0.515. The molecule has 2 fully saturated rings. The number of anilines is 1. The lowest BCUT2D eigenvalue weighted by molar-refractivity contribution is 0.00578. The number of hydrogen-bond donors (Lipinski definition) is 0. The van der Waals surface area contributed by atoms with Gasteiger partial charge in [0.15, 0.2) is 0 Å². The van der Waals surface area contributed by atoms with Gasteiger partial charge in [0, 0.05) is 31.5 Å². The van der Waals surface area contributed by atoms with Gasteiger partial charge in [-0.1, -0.05) is 0 Å². The second-order valence-corrected chi connectivity index (χ2v) is 6.57. The van der Waals surface area contributed by atoms with Crippen LogP contribution in [0.2, 0.25) is 0 Å². The van der Waals surface area contributed by atoms with E-state index in [0.717, 1.165) is 0 Å². The van der Waals surface area contributed by atoms with Gasteiger partial charge >= 0.3 is 7.12 Å². The summed E-state index contributed by atoms with van der Waals surface area (Å²) in [5.41, 5.74) is -1.59. The largest absolute Gasteiger partial charge is 0.505 e. The molecule has 0 bridgehead atoms. The van der Waals surface area contributed by atoms with Crippen molar-refractivity contribution >= 4 is 28.2 Å². The van der Waals surface area contributed by atoms with Gasteiger partial charge in [0.25, 0.3) is 0 Å². The smallest absolute Gasteiger partial charge is 0.399 e. The molecule has 2 aliphatic heterocycles. The highest BCUT2D eigenvalue weighted by Gasteiger charge is 2.52. The summed E-state index contributed by atoms with van der Waals surface area (Å²) in [4.78, 5) is 0.112. The molecule has 5 heteroatoms. The van der Waals surface area contributed by atoms with E-state index in [1.807, 2.05) is 0 Å². The van der Waals surface area contributed by atoms with Gasteiger partial charge in [-0.25, -0.2) is 0 Å². The minimum absolute atomic E-state index is 0.0185. The molecule has 0 aliphatic carbocycles. The van der Waals surface area contributed by atoms with Crippen molar-refractivity contribution in [3.63, 3.8) is 0 Å². The van der Waals surface area contributed by atoms with E-state index in [4.69, 9.17) is 25.8 Å². The molecule has 0 saturated carbocycles. The van der Waals surface area contributed by atoms with Gasteiger partial charge in [0.05, 0.1) is 18.9 Å². The molecule has 3 heterocycles. The summed E-state index contributed by atoms with van der Waals surface area (Å²) in [5, 5.41) is -0.557. The highest BCUT2D eigenvalue weighted by Crippen LogP contribution is 2.37. The lowest BCUT2D eigenvalue weighted by Crippen LogP contribution is -2.41. The van der Waals surface area contributed by atoms with Crippen molar-refractivity contribution in [3.8, 4) is 0 Å². The Balaban J connectivity index is 2.21. The molecule has 2 saturated heterocycles. The maximum Gasteiger partial charge on any atom is 0.505 e. The first-order valence-corrected chi connectivity index (χ1v) is 7.06. The van der Waals surface area contributed by atoms with Gasteiger partial charge in [-0.15, -0.1) is 11.3 Å². The minimum atomic E-state index is -3.55. The maximum absolute atomic E-state index is 8.32. The predicted molar refractivity (Wildman–Crippen MR) is 86.1 cm³/mol. The molecule has 1 aromatic heterocycles. The maximum atomic E-state index is 8.32. The number of thiophene rings is 1. The Morgan fingerprint density at radius 3 is 2.35 bits per heavy atom. The van der Waals surface area contributed by atoms with E-state index < -0.39 is 67.5 Å². The fourth-order valence-corrected chi connectivity index (χ4v) is 2.54. The molecule has 0 radical (unpaired) electrons. The van der Waals surface area contributed by atoms with Crippen LogP contribution in [0.25, 0.3) is 0 Å².